The van der Waals surface area contributed by atoms with Crippen LogP contribution in [-0.2, 0) is 22.3 Å². The number of anilines is 1. The van der Waals surface area contributed by atoms with Crippen LogP contribution in [0.15, 0.2) is 53.2 Å². The molecule has 2 aliphatic heterocycles. The van der Waals surface area contributed by atoms with Gasteiger partial charge in [-0.3, -0.25) is 0 Å². The minimum atomic E-state index is -4.77. The number of fused-ring (bicyclic) bond motifs is 1. The third kappa shape index (κ3) is 6.73. The standard InChI is InChI=1S/C35H37F3N8O4/c1-20-12-13-24(18-45(20)34(47)49-19-23-9-5-4-6-10-23)40-33-39-17-26(35(36,37)38)31(42-33)30-25-14-15-27(29-21(2)44-50-22(29)3)41-32(25)46(43-30)28-11-7-8-16-48-28/h4-6,9-10,14-15,17,20,24,28H,7-8,11-13,16,18-19H2,1-3H3,(H,39,40,42)/t20-,24-,28?/m1/s1. The fourth-order valence-corrected chi connectivity index (χ4v) is 6.60. The highest BCUT2D eigenvalue weighted by molar-refractivity contribution is 5.92. The Balaban J connectivity index is 1.22. The monoisotopic (exact) mass is 690 g/mol. The molecule has 2 aliphatic rings. The second-order valence-electron chi connectivity index (χ2n) is 12.8. The number of likely N-dealkylation sites (tertiary alicyclic amines) is 1. The summed E-state index contributed by atoms with van der Waals surface area (Å²) in [7, 11) is 0. The van der Waals surface area contributed by atoms with Crippen LogP contribution in [0.4, 0.5) is 23.9 Å². The number of aryl methyl sites for hydroxylation is 2. The summed E-state index contributed by atoms with van der Waals surface area (Å²) < 4.78 is 62.2. The highest BCUT2D eigenvalue weighted by atomic mass is 19.4. The first kappa shape index (κ1) is 33.4. The summed E-state index contributed by atoms with van der Waals surface area (Å²) in [5, 5.41) is 12.3. The number of hydrogen-bond donors (Lipinski definition) is 1. The smallest absolute Gasteiger partial charge is 0.420 e. The maximum absolute atomic E-state index is 14.6. The van der Waals surface area contributed by atoms with Gasteiger partial charge < -0.3 is 24.2 Å². The molecule has 0 bridgehead atoms. The van der Waals surface area contributed by atoms with Gasteiger partial charge in [-0.1, -0.05) is 35.5 Å². The maximum atomic E-state index is 14.6. The fraction of sp³-hybridized carbons (Fsp3) is 0.429. The van der Waals surface area contributed by atoms with Crippen LogP contribution >= 0.6 is 0 Å². The summed E-state index contributed by atoms with van der Waals surface area (Å²) >= 11 is 0. The number of nitrogens with one attached hydrogen (secondary N) is 1. The molecule has 3 atom stereocenters. The van der Waals surface area contributed by atoms with E-state index in [1.165, 1.54) is 0 Å². The lowest BCUT2D eigenvalue weighted by molar-refractivity contribution is -0.137. The maximum Gasteiger partial charge on any atom is 0.420 e. The molecule has 12 nitrogen and oxygen atoms in total. The Morgan fingerprint density at radius 1 is 1.04 bits per heavy atom. The van der Waals surface area contributed by atoms with Crippen LogP contribution in [0.1, 0.15) is 67.8 Å². The van der Waals surface area contributed by atoms with Gasteiger partial charge in [-0.05, 0) is 70.6 Å². The second kappa shape index (κ2) is 13.7. The van der Waals surface area contributed by atoms with Gasteiger partial charge in [0.05, 0.1) is 17.0 Å². The molecule has 2 fully saturated rings. The zero-order valence-electron chi connectivity index (χ0n) is 27.9. The lowest BCUT2D eigenvalue weighted by Crippen LogP contribution is -2.50. The largest absolute Gasteiger partial charge is 0.445 e. The van der Waals surface area contributed by atoms with Crippen molar-refractivity contribution in [3.05, 3.63) is 71.2 Å². The van der Waals surface area contributed by atoms with Crippen molar-refractivity contribution in [1.29, 1.82) is 0 Å². The van der Waals surface area contributed by atoms with E-state index in [1.54, 1.807) is 35.6 Å². The molecule has 1 aromatic carbocycles. The van der Waals surface area contributed by atoms with Gasteiger partial charge in [0.1, 0.15) is 29.3 Å². The molecule has 50 heavy (non-hydrogen) atoms. The van der Waals surface area contributed by atoms with Gasteiger partial charge >= 0.3 is 12.3 Å². The van der Waals surface area contributed by atoms with Gasteiger partial charge in [0.25, 0.3) is 0 Å². The first-order valence-corrected chi connectivity index (χ1v) is 16.7. The van der Waals surface area contributed by atoms with Crippen LogP contribution in [-0.4, -0.2) is 66.1 Å². The highest BCUT2D eigenvalue weighted by Gasteiger charge is 2.38. The van der Waals surface area contributed by atoms with E-state index in [-0.39, 0.29) is 42.6 Å². The van der Waals surface area contributed by atoms with E-state index in [2.05, 4.69) is 20.4 Å². The molecule has 5 aromatic rings. The Bertz CT molecular complexity index is 1970. The Kier molecular flexibility index (Phi) is 9.16. The first-order chi connectivity index (χ1) is 24.1. The number of hydrogen-bond acceptors (Lipinski definition) is 10. The molecule has 0 saturated carbocycles. The van der Waals surface area contributed by atoms with Gasteiger partial charge in [0.2, 0.25) is 5.95 Å². The lowest BCUT2D eigenvalue weighted by atomic mass is 10.00. The van der Waals surface area contributed by atoms with Gasteiger partial charge in [-0.2, -0.15) is 18.3 Å². The molecule has 15 heteroatoms. The zero-order valence-corrected chi connectivity index (χ0v) is 27.9. The number of halogens is 3. The van der Waals surface area contributed by atoms with E-state index in [1.807, 2.05) is 37.3 Å². The van der Waals surface area contributed by atoms with Crippen molar-refractivity contribution in [3.8, 4) is 22.6 Å². The third-order valence-electron chi connectivity index (χ3n) is 9.25. The number of pyridine rings is 1. The van der Waals surface area contributed by atoms with Crippen LogP contribution in [0, 0.1) is 13.8 Å². The number of carbonyl (C=O) groups excluding carboxylic acids is 1. The number of rotatable bonds is 7. The van der Waals surface area contributed by atoms with Gasteiger partial charge in [0, 0.05) is 36.8 Å². The third-order valence-corrected chi connectivity index (χ3v) is 9.25. The minimum Gasteiger partial charge on any atom is -0.445 e. The van der Waals surface area contributed by atoms with Gasteiger partial charge in [-0.25, -0.2) is 24.4 Å². The molecule has 1 unspecified atom stereocenters. The highest BCUT2D eigenvalue weighted by Crippen LogP contribution is 2.40. The van der Waals surface area contributed by atoms with E-state index in [4.69, 9.17) is 24.1 Å². The van der Waals surface area contributed by atoms with Crippen LogP contribution in [0.2, 0.25) is 0 Å². The van der Waals surface area contributed by atoms with Crippen LogP contribution in [0.3, 0.4) is 0 Å². The summed E-state index contributed by atoms with van der Waals surface area (Å²) in [5.74, 6) is 0.558. The van der Waals surface area contributed by atoms with Crippen LogP contribution in [0.25, 0.3) is 33.7 Å². The number of ether oxygens (including phenoxy) is 2. The van der Waals surface area contributed by atoms with Gasteiger partial charge in [-0.15, -0.1) is 0 Å². The molecule has 0 radical (unpaired) electrons. The minimum absolute atomic E-state index is 0.00754. The molecule has 7 rings (SSSR count). The van der Waals surface area contributed by atoms with Gasteiger partial charge in [0.15, 0.2) is 11.9 Å². The van der Waals surface area contributed by atoms with Crippen molar-refractivity contribution in [3.63, 3.8) is 0 Å². The predicted molar refractivity (Wildman–Crippen MR) is 177 cm³/mol. The summed E-state index contributed by atoms with van der Waals surface area (Å²) in [5.41, 5.74) is 1.71. The number of amides is 1. The lowest BCUT2D eigenvalue weighted by Gasteiger charge is -2.37. The molecule has 262 valence electrons. The average molecular weight is 691 g/mol. The van der Waals surface area contributed by atoms with Crippen molar-refractivity contribution in [2.75, 3.05) is 18.5 Å². The van der Waals surface area contributed by atoms with Crippen molar-refractivity contribution < 1.29 is 32.0 Å². The van der Waals surface area contributed by atoms with Crippen LogP contribution in [0.5, 0.6) is 0 Å². The Morgan fingerprint density at radius 3 is 2.58 bits per heavy atom. The van der Waals surface area contributed by atoms with Crippen molar-refractivity contribution in [2.45, 2.75) is 84.0 Å². The normalized spacial score (nSPS) is 19.9. The number of carbonyl (C=O) groups is 1. The molecular formula is C35H37F3N8O4. The van der Waals surface area contributed by atoms with Crippen molar-refractivity contribution in [1.82, 2.24) is 34.8 Å². The topological polar surface area (TPSA) is 133 Å². The molecule has 1 N–H and O–H groups in total. The predicted octanol–water partition coefficient (Wildman–Crippen LogP) is 7.48. The molecule has 2 saturated heterocycles. The number of piperidine rings is 1. The van der Waals surface area contributed by atoms with Crippen LogP contribution < -0.4 is 5.32 Å². The Morgan fingerprint density at radius 2 is 1.86 bits per heavy atom. The number of alkyl halides is 3. The number of aromatic nitrogens is 6. The number of benzene rings is 1. The second-order valence-corrected chi connectivity index (χ2v) is 12.8. The molecule has 0 spiro atoms. The van der Waals surface area contributed by atoms with E-state index < -0.39 is 24.1 Å². The summed E-state index contributed by atoms with van der Waals surface area (Å²) in [6.07, 6.45) is -1.30. The summed E-state index contributed by atoms with van der Waals surface area (Å²) in [6, 6.07) is 12.4. The SMILES string of the molecule is Cc1noc(C)c1-c1ccc2c(-c3nc(N[C@@H]4CC[C@@H](C)N(C(=O)OCc5ccccc5)C4)ncc3C(F)(F)F)nn(C3CCCCO3)c2n1. The van der Waals surface area contributed by atoms with Crippen molar-refractivity contribution >= 4 is 23.1 Å². The zero-order chi connectivity index (χ0) is 35.0. The number of nitrogens with zero attached hydrogens (tertiary/aromatic N) is 7. The summed E-state index contributed by atoms with van der Waals surface area (Å²) in [4.78, 5) is 28.0. The molecular weight excluding hydrogens is 653 g/mol. The molecule has 4 aromatic heterocycles. The Labute approximate surface area is 286 Å². The fourth-order valence-electron chi connectivity index (χ4n) is 6.60. The molecule has 0 aliphatic carbocycles. The Hall–Kier alpha value is -5.05. The van der Waals surface area contributed by atoms with E-state index >= 15 is 0 Å². The molecule has 6 heterocycles. The van der Waals surface area contributed by atoms with E-state index in [0.717, 1.165) is 24.6 Å². The quantitative estimate of drug-likeness (QED) is 0.183. The van der Waals surface area contributed by atoms with Crippen molar-refractivity contribution in [2.24, 2.45) is 0 Å². The average Bonchev–Trinajstić information content (AvgIpc) is 3.66. The first-order valence-electron chi connectivity index (χ1n) is 16.7. The summed E-state index contributed by atoms with van der Waals surface area (Å²) in [6.45, 7) is 6.41. The van der Waals surface area contributed by atoms with E-state index in [0.29, 0.717) is 59.6 Å². The van der Waals surface area contributed by atoms with E-state index in [9.17, 15) is 18.0 Å². The molecule has 1 amide bonds.